The molecule has 3 amide bonds. The van der Waals surface area contributed by atoms with Crippen molar-refractivity contribution in [1.82, 2.24) is 20.5 Å². The second kappa shape index (κ2) is 8.65. The Bertz CT molecular complexity index is 887. The minimum atomic E-state index is -0.368. The van der Waals surface area contributed by atoms with Gasteiger partial charge in [0, 0.05) is 37.2 Å². The van der Waals surface area contributed by atoms with Crippen molar-refractivity contribution >= 4 is 17.6 Å². The molecule has 4 N–H and O–H groups in total. The Morgan fingerprint density at radius 3 is 2.79 bits per heavy atom. The Hall–Kier alpha value is -2.87. The zero-order valence-electron chi connectivity index (χ0n) is 16.2. The molecular weight excluding hydrogens is 373 g/mol. The molecule has 2 aliphatic rings. The quantitative estimate of drug-likeness (QED) is 0.602. The normalized spacial score (nSPS) is 18.9. The zero-order valence-corrected chi connectivity index (χ0v) is 16.2. The highest BCUT2D eigenvalue weighted by molar-refractivity contribution is 6.03. The van der Waals surface area contributed by atoms with Crippen molar-refractivity contribution in [3.63, 3.8) is 0 Å². The Morgan fingerprint density at radius 1 is 1.21 bits per heavy atom. The van der Waals surface area contributed by atoms with Crippen LogP contribution in [-0.4, -0.2) is 42.2 Å². The molecule has 1 saturated heterocycles. The number of aromatic nitrogens is 1. The number of benzene rings is 1. The predicted octanol–water partition coefficient (Wildman–Crippen LogP) is 2.63. The van der Waals surface area contributed by atoms with E-state index in [-0.39, 0.29) is 23.8 Å². The van der Waals surface area contributed by atoms with E-state index in [1.165, 1.54) is 12.1 Å². The highest BCUT2D eigenvalue weighted by atomic mass is 19.1. The lowest BCUT2D eigenvalue weighted by atomic mass is 10.1. The van der Waals surface area contributed by atoms with Crippen LogP contribution in [-0.2, 0) is 0 Å². The summed E-state index contributed by atoms with van der Waals surface area (Å²) >= 11 is 0. The first-order valence-electron chi connectivity index (χ1n) is 10.1. The average molecular weight is 399 g/mol. The lowest BCUT2D eigenvalue weighted by molar-refractivity contribution is 0.0931. The first kappa shape index (κ1) is 19.4. The second-order valence-electron chi connectivity index (χ2n) is 7.77. The number of urea groups is 1. The Morgan fingerprint density at radius 2 is 2.07 bits per heavy atom. The molecule has 1 saturated carbocycles. The summed E-state index contributed by atoms with van der Waals surface area (Å²) in [5, 5.41) is 11.9. The van der Waals surface area contributed by atoms with E-state index < -0.39 is 0 Å². The molecule has 7 nitrogen and oxygen atoms in total. The van der Waals surface area contributed by atoms with Crippen LogP contribution in [0.2, 0.25) is 0 Å². The third kappa shape index (κ3) is 5.14. The largest absolute Gasteiger partial charge is 0.348 e. The maximum Gasteiger partial charge on any atom is 0.319 e. The molecule has 4 rings (SSSR count). The van der Waals surface area contributed by atoms with Crippen LogP contribution >= 0.6 is 0 Å². The molecule has 29 heavy (non-hydrogen) atoms. The van der Waals surface area contributed by atoms with Gasteiger partial charge >= 0.3 is 6.03 Å². The fourth-order valence-electron chi connectivity index (χ4n) is 3.48. The van der Waals surface area contributed by atoms with E-state index in [9.17, 15) is 14.0 Å². The van der Waals surface area contributed by atoms with Gasteiger partial charge in [-0.1, -0.05) is 6.07 Å². The van der Waals surface area contributed by atoms with Crippen molar-refractivity contribution in [3.05, 3.63) is 48.0 Å². The fraction of sp³-hybridized carbons (Fsp3) is 0.429. The van der Waals surface area contributed by atoms with Gasteiger partial charge in [-0.2, -0.15) is 0 Å². The smallest absolute Gasteiger partial charge is 0.319 e. The van der Waals surface area contributed by atoms with Gasteiger partial charge < -0.3 is 25.8 Å². The van der Waals surface area contributed by atoms with Gasteiger partial charge in [-0.3, -0.25) is 4.79 Å². The predicted molar refractivity (Wildman–Crippen MR) is 109 cm³/mol. The van der Waals surface area contributed by atoms with E-state index in [4.69, 9.17) is 0 Å². The van der Waals surface area contributed by atoms with Crippen LogP contribution in [0.25, 0.3) is 5.69 Å². The first-order valence-corrected chi connectivity index (χ1v) is 10.1. The maximum atomic E-state index is 13.6. The molecule has 8 heteroatoms. The van der Waals surface area contributed by atoms with Crippen molar-refractivity contribution in [2.24, 2.45) is 5.92 Å². The molecule has 2 aromatic rings. The summed E-state index contributed by atoms with van der Waals surface area (Å²) in [4.78, 5) is 25.2. The molecule has 0 radical (unpaired) electrons. The summed E-state index contributed by atoms with van der Waals surface area (Å²) in [6.07, 6.45) is 7.45. The number of halogens is 1. The molecule has 0 spiro atoms. The summed E-state index contributed by atoms with van der Waals surface area (Å²) in [5.74, 6) is -0.0716. The number of nitrogens with zero attached hydrogens (tertiary/aromatic N) is 1. The number of carbonyl (C=O) groups is 2. The van der Waals surface area contributed by atoms with Crippen LogP contribution in [0.3, 0.4) is 0 Å². The summed E-state index contributed by atoms with van der Waals surface area (Å²) < 4.78 is 15.3. The number of rotatable bonds is 6. The van der Waals surface area contributed by atoms with Crippen LogP contribution in [0.5, 0.6) is 0 Å². The third-order valence-electron chi connectivity index (χ3n) is 5.31. The summed E-state index contributed by atoms with van der Waals surface area (Å²) in [6, 6.07) is 5.79. The number of amides is 3. The first-order chi connectivity index (χ1) is 14.1. The summed E-state index contributed by atoms with van der Waals surface area (Å²) in [7, 11) is 0. The topological polar surface area (TPSA) is 87.2 Å². The van der Waals surface area contributed by atoms with Crippen molar-refractivity contribution in [2.75, 3.05) is 25.0 Å². The highest BCUT2D eigenvalue weighted by Crippen LogP contribution is 2.27. The molecule has 1 atom stereocenters. The summed E-state index contributed by atoms with van der Waals surface area (Å²) in [5.41, 5.74) is 1.31. The number of anilines is 1. The van der Waals surface area contributed by atoms with Crippen LogP contribution in [0.15, 0.2) is 36.7 Å². The van der Waals surface area contributed by atoms with Crippen molar-refractivity contribution < 1.29 is 14.0 Å². The molecule has 1 aliphatic carbocycles. The van der Waals surface area contributed by atoms with Gasteiger partial charge in [-0.25, -0.2) is 9.18 Å². The van der Waals surface area contributed by atoms with Crippen molar-refractivity contribution in [1.29, 1.82) is 0 Å². The van der Waals surface area contributed by atoms with E-state index in [0.717, 1.165) is 38.8 Å². The molecule has 1 aromatic heterocycles. The van der Waals surface area contributed by atoms with E-state index in [1.807, 2.05) is 0 Å². The number of hydrogen-bond donors (Lipinski definition) is 4. The van der Waals surface area contributed by atoms with Crippen molar-refractivity contribution in [3.8, 4) is 5.69 Å². The minimum Gasteiger partial charge on any atom is -0.348 e. The van der Waals surface area contributed by atoms with Crippen molar-refractivity contribution in [2.45, 2.75) is 31.7 Å². The van der Waals surface area contributed by atoms with E-state index in [2.05, 4.69) is 21.3 Å². The number of carbonyl (C=O) groups excluding carboxylic acids is 2. The molecule has 2 heterocycles. The van der Waals surface area contributed by atoms with Gasteiger partial charge in [0.1, 0.15) is 5.82 Å². The average Bonchev–Trinajstić information content (AvgIpc) is 3.45. The second-order valence-corrected chi connectivity index (χ2v) is 7.77. The maximum absolute atomic E-state index is 13.6. The van der Waals surface area contributed by atoms with Crippen LogP contribution < -0.4 is 21.3 Å². The van der Waals surface area contributed by atoms with Crippen LogP contribution in [0, 0.1) is 11.7 Å². The Kier molecular flexibility index (Phi) is 5.80. The summed E-state index contributed by atoms with van der Waals surface area (Å²) in [6.45, 7) is 2.31. The van der Waals surface area contributed by atoms with Gasteiger partial charge in [-0.05, 0) is 56.3 Å². The highest BCUT2D eigenvalue weighted by Gasteiger charge is 2.23. The molecule has 2 fully saturated rings. The van der Waals surface area contributed by atoms with Crippen LogP contribution in [0.1, 0.15) is 36.0 Å². The third-order valence-corrected chi connectivity index (χ3v) is 5.31. The van der Waals surface area contributed by atoms with Gasteiger partial charge in [-0.15, -0.1) is 0 Å². The monoisotopic (exact) mass is 399 g/mol. The zero-order chi connectivity index (χ0) is 20.2. The Labute approximate surface area is 169 Å². The number of nitrogens with one attached hydrogen (secondary N) is 4. The lowest BCUT2D eigenvalue weighted by Gasteiger charge is -2.23. The van der Waals surface area contributed by atoms with Gasteiger partial charge in [0.2, 0.25) is 0 Å². The molecule has 154 valence electrons. The SMILES string of the molecule is O=C(NCC1CC1)Nc1cn(-c2cccc(F)c2)cc1C(=O)N[C@H]1CCCNC1. The fourth-order valence-corrected chi connectivity index (χ4v) is 3.48. The van der Waals surface area contributed by atoms with E-state index in [1.54, 1.807) is 29.1 Å². The molecule has 0 unspecified atom stereocenters. The van der Waals surface area contributed by atoms with E-state index in [0.29, 0.717) is 29.4 Å². The minimum absolute atomic E-state index is 0.0466. The number of piperidine rings is 1. The molecule has 1 aliphatic heterocycles. The Balaban J connectivity index is 1.54. The molecular formula is C21H26FN5O2. The van der Waals surface area contributed by atoms with Gasteiger partial charge in [0.05, 0.1) is 11.3 Å². The van der Waals surface area contributed by atoms with Gasteiger partial charge in [0.25, 0.3) is 5.91 Å². The van der Waals surface area contributed by atoms with Crippen LogP contribution in [0.4, 0.5) is 14.9 Å². The number of hydrogen-bond acceptors (Lipinski definition) is 3. The molecule has 1 aromatic carbocycles. The standard InChI is InChI=1S/C21H26FN5O2/c22-15-3-1-5-17(9-15)27-12-18(20(28)25-16-4-2-8-23-11-16)19(13-27)26-21(29)24-10-14-6-7-14/h1,3,5,9,12-14,16,23H,2,4,6-8,10-11H2,(H,25,28)(H2,24,26,29)/t16-/m0/s1. The van der Waals surface area contributed by atoms with E-state index >= 15 is 0 Å². The lowest BCUT2D eigenvalue weighted by Crippen LogP contribution is -2.45. The molecule has 0 bridgehead atoms. The van der Waals surface area contributed by atoms with Gasteiger partial charge in [0.15, 0.2) is 0 Å².